The molecule has 0 heterocycles. The summed E-state index contributed by atoms with van der Waals surface area (Å²) in [5.74, 6) is -0.637. The van der Waals surface area contributed by atoms with Gasteiger partial charge in [0, 0.05) is 15.1 Å². The fourth-order valence-electron chi connectivity index (χ4n) is 1.78. The van der Waals surface area contributed by atoms with E-state index in [0.29, 0.717) is 15.8 Å². The van der Waals surface area contributed by atoms with Crippen LogP contribution in [-0.2, 0) is 5.75 Å². The van der Waals surface area contributed by atoms with Gasteiger partial charge in [0.2, 0.25) is 0 Å². The zero-order chi connectivity index (χ0) is 14.7. The minimum atomic E-state index is -0.932. The summed E-state index contributed by atoms with van der Waals surface area (Å²) in [6.45, 7) is 1.77. The van der Waals surface area contributed by atoms with Crippen molar-refractivity contribution < 1.29 is 14.3 Å². The Kier molecular flexibility index (Phi) is 4.83. The maximum Gasteiger partial charge on any atom is 0.335 e. The number of hydrogen-bond acceptors (Lipinski definition) is 2. The Hall–Kier alpha value is -1.33. The number of aryl methyl sites for hydroxylation is 1. The molecule has 0 amide bonds. The first kappa shape index (κ1) is 15.1. The van der Waals surface area contributed by atoms with Crippen molar-refractivity contribution in [3.63, 3.8) is 0 Å². The van der Waals surface area contributed by atoms with E-state index in [1.165, 1.54) is 23.9 Å². The van der Waals surface area contributed by atoms with Crippen molar-refractivity contribution in [3.05, 3.63) is 63.4 Å². The Labute approximate surface area is 129 Å². The number of carboxylic acid groups (broad SMARTS) is 1. The Morgan fingerprint density at radius 3 is 2.70 bits per heavy atom. The van der Waals surface area contributed by atoms with Gasteiger partial charge >= 0.3 is 5.97 Å². The Balaban J connectivity index is 2.14. The minimum Gasteiger partial charge on any atom is -0.478 e. The SMILES string of the molecule is Cc1ccc(SCc2cc(F)cc(Br)c2)cc1C(=O)O. The van der Waals surface area contributed by atoms with E-state index in [4.69, 9.17) is 5.11 Å². The van der Waals surface area contributed by atoms with Crippen molar-refractivity contribution in [2.45, 2.75) is 17.6 Å². The van der Waals surface area contributed by atoms with Crippen molar-refractivity contribution in [3.8, 4) is 0 Å². The summed E-state index contributed by atoms with van der Waals surface area (Å²) < 4.78 is 14.0. The van der Waals surface area contributed by atoms with Gasteiger partial charge in [0.05, 0.1) is 5.56 Å². The highest BCUT2D eigenvalue weighted by molar-refractivity contribution is 9.10. The van der Waals surface area contributed by atoms with Gasteiger partial charge in [0.15, 0.2) is 0 Å². The largest absolute Gasteiger partial charge is 0.478 e. The first-order chi connectivity index (χ1) is 9.45. The second-order valence-corrected chi connectivity index (χ2v) is 6.31. The number of carboxylic acids is 1. The second-order valence-electron chi connectivity index (χ2n) is 4.35. The highest BCUT2D eigenvalue weighted by atomic mass is 79.9. The van der Waals surface area contributed by atoms with E-state index in [9.17, 15) is 9.18 Å². The summed E-state index contributed by atoms with van der Waals surface area (Å²) in [6, 6.07) is 10.0. The van der Waals surface area contributed by atoms with Crippen molar-refractivity contribution in [2.24, 2.45) is 0 Å². The van der Waals surface area contributed by atoms with Crippen LogP contribution in [0.3, 0.4) is 0 Å². The number of rotatable bonds is 4. The quantitative estimate of drug-likeness (QED) is 0.794. The van der Waals surface area contributed by atoms with Gasteiger partial charge < -0.3 is 5.11 Å². The average Bonchev–Trinajstić information content (AvgIpc) is 2.36. The molecular formula is C15H12BrFO2S. The molecule has 2 aromatic carbocycles. The summed E-state index contributed by atoms with van der Waals surface area (Å²) in [4.78, 5) is 11.9. The van der Waals surface area contributed by atoms with Crippen LogP contribution in [0.4, 0.5) is 4.39 Å². The van der Waals surface area contributed by atoms with E-state index in [-0.39, 0.29) is 5.82 Å². The number of benzene rings is 2. The van der Waals surface area contributed by atoms with Gasteiger partial charge in [-0.2, -0.15) is 0 Å². The van der Waals surface area contributed by atoms with Crippen LogP contribution in [-0.4, -0.2) is 11.1 Å². The molecule has 0 atom stereocenters. The number of halogens is 2. The molecule has 104 valence electrons. The van der Waals surface area contributed by atoms with Crippen molar-refractivity contribution in [2.75, 3.05) is 0 Å². The predicted octanol–water partition coefficient (Wildman–Crippen LogP) is 4.89. The molecule has 2 nitrogen and oxygen atoms in total. The van der Waals surface area contributed by atoms with Crippen LogP contribution in [0, 0.1) is 12.7 Å². The Morgan fingerprint density at radius 1 is 1.30 bits per heavy atom. The lowest BCUT2D eigenvalue weighted by Gasteiger charge is -2.06. The van der Waals surface area contributed by atoms with Crippen LogP contribution >= 0.6 is 27.7 Å². The molecule has 5 heteroatoms. The number of aromatic carboxylic acids is 1. The van der Waals surface area contributed by atoms with Crippen LogP contribution in [0.5, 0.6) is 0 Å². The summed E-state index contributed by atoms with van der Waals surface area (Å²) in [5, 5.41) is 9.08. The molecule has 0 aliphatic heterocycles. The molecular weight excluding hydrogens is 343 g/mol. The van der Waals surface area contributed by atoms with Gasteiger partial charge in [-0.15, -0.1) is 11.8 Å². The normalized spacial score (nSPS) is 10.6. The Morgan fingerprint density at radius 2 is 2.05 bits per heavy atom. The second kappa shape index (κ2) is 6.41. The molecule has 0 aliphatic rings. The van der Waals surface area contributed by atoms with E-state index in [1.807, 2.05) is 12.1 Å². The molecule has 0 unspecified atom stereocenters. The summed E-state index contributed by atoms with van der Waals surface area (Å²) in [7, 11) is 0. The molecule has 0 saturated carbocycles. The van der Waals surface area contributed by atoms with Crippen molar-refractivity contribution in [1.82, 2.24) is 0 Å². The lowest BCUT2D eigenvalue weighted by atomic mass is 10.1. The van der Waals surface area contributed by atoms with Crippen LogP contribution in [0.15, 0.2) is 45.8 Å². The van der Waals surface area contributed by atoms with E-state index in [1.54, 1.807) is 19.1 Å². The van der Waals surface area contributed by atoms with Crippen LogP contribution in [0.2, 0.25) is 0 Å². The third-order valence-corrected chi connectivity index (χ3v) is 4.29. The molecule has 0 aliphatic carbocycles. The third-order valence-electron chi connectivity index (χ3n) is 2.77. The van der Waals surface area contributed by atoms with Gasteiger partial charge in [0.25, 0.3) is 0 Å². The van der Waals surface area contributed by atoms with Gasteiger partial charge in [-0.05, 0) is 48.4 Å². The van der Waals surface area contributed by atoms with Gasteiger partial charge in [-0.1, -0.05) is 22.0 Å². The molecule has 2 rings (SSSR count). The summed E-state index contributed by atoms with van der Waals surface area (Å²) in [6.07, 6.45) is 0. The fraction of sp³-hybridized carbons (Fsp3) is 0.133. The summed E-state index contributed by atoms with van der Waals surface area (Å²) in [5.41, 5.74) is 1.88. The monoisotopic (exact) mass is 354 g/mol. The topological polar surface area (TPSA) is 37.3 Å². The summed E-state index contributed by atoms with van der Waals surface area (Å²) >= 11 is 4.73. The minimum absolute atomic E-state index is 0.287. The highest BCUT2D eigenvalue weighted by Crippen LogP contribution is 2.26. The first-order valence-electron chi connectivity index (χ1n) is 5.87. The zero-order valence-electron chi connectivity index (χ0n) is 10.7. The van der Waals surface area contributed by atoms with E-state index >= 15 is 0 Å². The van der Waals surface area contributed by atoms with E-state index in [0.717, 1.165) is 16.0 Å². The van der Waals surface area contributed by atoms with Crippen LogP contribution in [0.25, 0.3) is 0 Å². The number of hydrogen-bond donors (Lipinski definition) is 1. The van der Waals surface area contributed by atoms with Crippen LogP contribution < -0.4 is 0 Å². The standard InChI is InChI=1S/C15H12BrFO2S/c1-9-2-3-13(7-14(9)15(18)19)20-8-10-4-11(16)6-12(17)5-10/h2-7H,8H2,1H3,(H,18,19). The van der Waals surface area contributed by atoms with E-state index < -0.39 is 5.97 Å². The molecule has 0 aromatic heterocycles. The molecule has 1 N–H and O–H groups in total. The average molecular weight is 355 g/mol. The lowest BCUT2D eigenvalue weighted by molar-refractivity contribution is 0.0696. The predicted molar refractivity (Wildman–Crippen MR) is 81.8 cm³/mol. The third kappa shape index (κ3) is 3.84. The molecule has 2 aromatic rings. The molecule has 0 bridgehead atoms. The van der Waals surface area contributed by atoms with Gasteiger partial charge in [-0.25, -0.2) is 9.18 Å². The first-order valence-corrected chi connectivity index (χ1v) is 7.65. The smallest absolute Gasteiger partial charge is 0.335 e. The van der Waals surface area contributed by atoms with Crippen molar-refractivity contribution in [1.29, 1.82) is 0 Å². The zero-order valence-corrected chi connectivity index (χ0v) is 13.1. The fourth-order valence-corrected chi connectivity index (χ4v) is 3.16. The lowest BCUT2D eigenvalue weighted by Crippen LogP contribution is -1.99. The molecule has 0 fully saturated rings. The molecule has 20 heavy (non-hydrogen) atoms. The highest BCUT2D eigenvalue weighted by Gasteiger charge is 2.08. The number of thioether (sulfide) groups is 1. The van der Waals surface area contributed by atoms with Gasteiger partial charge in [0.1, 0.15) is 5.82 Å². The molecule has 0 spiro atoms. The number of carbonyl (C=O) groups is 1. The van der Waals surface area contributed by atoms with E-state index in [2.05, 4.69) is 15.9 Å². The maximum atomic E-state index is 13.3. The van der Waals surface area contributed by atoms with Crippen molar-refractivity contribution >= 4 is 33.7 Å². The Bertz CT molecular complexity index is 638. The molecule has 0 saturated heterocycles. The van der Waals surface area contributed by atoms with Gasteiger partial charge in [-0.3, -0.25) is 0 Å². The van der Waals surface area contributed by atoms with Crippen LogP contribution in [0.1, 0.15) is 21.5 Å². The maximum absolute atomic E-state index is 13.3. The molecule has 0 radical (unpaired) electrons.